The van der Waals surface area contributed by atoms with Gasteiger partial charge >= 0.3 is 5.97 Å². The summed E-state index contributed by atoms with van der Waals surface area (Å²) in [6.07, 6.45) is 0.276. The quantitative estimate of drug-likeness (QED) is 0.886. The van der Waals surface area contributed by atoms with Crippen LogP contribution >= 0.6 is 11.3 Å². The first-order chi connectivity index (χ1) is 10.8. The molecule has 0 radical (unpaired) electrons. The molecule has 1 atom stereocenters. The first-order valence-corrected chi connectivity index (χ1v) is 8.26. The summed E-state index contributed by atoms with van der Waals surface area (Å²) in [5, 5.41) is 17.5. The summed E-state index contributed by atoms with van der Waals surface area (Å²) in [6.45, 7) is 4.43. The lowest BCUT2D eigenvalue weighted by Gasteiger charge is -2.23. The molecule has 124 valence electrons. The van der Waals surface area contributed by atoms with E-state index in [1.807, 2.05) is 7.05 Å². The highest BCUT2D eigenvalue weighted by Crippen LogP contribution is 2.32. The number of nitrogens with zero attached hydrogens (tertiary/aromatic N) is 2. The van der Waals surface area contributed by atoms with Crippen LogP contribution in [0.5, 0.6) is 0 Å². The van der Waals surface area contributed by atoms with Crippen molar-refractivity contribution < 1.29 is 19.4 Å². The second-order valence-corrected chi connectivity index (χ2v) is 7.17. The molecule has 1 aliphatic heterocycles. The Balaban J connectivity index is 1.92. The Morgan fingerprint density at radius 1 is 1.52 bits per heavy atom. The van der Waals surface area contributed by atoms with Gasteiger partial charge in [-0.25, -0.2) is 4.79 Å². The van der Waals surface area contributed by atoms with Gasteiger partial charge in [-0.1, -0.05) is 13.8 Å². The van der Waals surface area contributed by atoms with E-state index in [0.717, 1.165) is 15.9 Å². The molecule has 1 aliphatic rings. The fourth-order valence-corrected chi connectivity index (χ4v) is 3.74. The van der Waals surface area contributed by atoms with Gasteiger partial charge in [-0.05, 0) is 12.0 Å². The van der Waals surface area contributed by atoms with Crippen LogP contribution in [-0.4, -0.2) is 45.5 Å². The second-order valence-electron chi connectivity index (χ2n) is 6.14. The number of fused-ring (bicyclic) bond motifs is 1. The van der Waals surface area contributed by atoms with Gasteiger partial charge < -0.3 is 15.2 Å². The molecule has 0 bridgehead atoms. The van der Waals surface area contributed by atoms with E-state index in [2.05, 4.69) is 24.3 Å². The van der Waals surface area contributed by atoms with Crippen molar-refractivity contribution in [3.8, 4) is 0 Å². The van der Waals surface area contributed by atoms with Gasteiger partial charge in [0, 0.05) is 25.5 Å². The number of carbonyl (C=O) groups is 2. The lowest BCUT2D eigenvalue weighted by molar-refractivity contribution is -0.144. The number of aliphatic carboxylic acids is 1. The van der Waals surface area contributed by atoms with Crippen LogP contribution in [0, 0.1) is 0 Å². The van der Waals surface area contributed by atoms with E-state index in [4.69, 9.17) is 4.74 Å². The summed E-state index contributed by atoms with van der Waals surface area (Å²) in [4.78, 5) is 25.4. The minimum atomic E-state index is -1.33. The molecule has 2 N–H and O–H groups in total. The fraction of sp³-hybridized carbons (Fsp3) is 0.533. The third kappa shape index (κ3) is 2.61. The maximum Gasteiger partial charge on any atom is 0.331 e. The van der Waals surface area contributed by atoms with Crippen molar-refractivity contribution in [1.29, 1.82) is 0 Å². The maximum atomic E-state index is 12.5. The van der Waals surface area contributed by atoms with Gasteiger partial charge in [-0.3, -0.25) is 9.48 Å². The van der Waals surface area contributed by atoms with Crippen LogP contribution in [0.25, 0.3) is 10.2 Å². The van der Waals surface area contributed by atoms with E-state index in [-0.39, 0.29) is 24.9 Å². The van der Waals surface area contributed by atoms with Crippen molar-refractivity contribution in [1.82, 2.24) is 15.1 Å². The molecule has 0 aliphatic carbocycles. The molecular weight excluding hydrogens is 318 g/mol. The topological polar surface area (TPSA) is 93.5 Å². The number of ether oxygens (including phenoxy) is 1. The molecule has 2 aromatic rings. The summed E-state index contributed by atoms with van der Waals surface area (Å²) >= 11 is 1.32. The van der Waals surface area contributed by atoms with Gasteiger partial charge in [0.1, 0.15) is 4.83 Å². The lowest BCUT2D eigenvalue weighted by atomic mass is 9.99. The zero-order valence-electron chi connectivity index (χ0n) is 13.3. The Morgan fingerprint density at radius 3 is 2.83 bits per heavy atom. The molecule has 1 fully saturated rings. The molecule has 1 unspecified atom stereocenters. The molecule has 0 saturated carbocycles. The lowest BCUT2D eigenvalue weighted by Crippen LogP contribution is -2.55. The molecule has 8 heteroatoms. The summed E-state index contributed by atoms with van der Waals surface area (Å²) in [7, 11) is 1.84. The average molecular weight is 337 g/mol. The molecular formula is C15H19N3O4S. The molecule has 0 aromatic carbocycles. The molecule has 2 aromatic heterocycles. The fourth-order valence-electron chi connectivity index (χ4n) is 2.77. The van der Waals surface area contributed by atoms with Gasteiger partial charge in [0.2, 0.25) is 0 Å². The van der Waals surface area contributed by atoms with E-state index in [1.54, 1.807) is 10.7 Å². The van der Waals surface area contributed by atoms with Crippen molar-refractivity contribution >= 4 is 33.4 Å². The van der Waals surface area contributed by atoms with Crippen molar-refractivity contribution in [3.05, 3.63) is 16.6 Å². The normalized spacial score (nSPS) is 21.2. The third-order valence-electron chi connectivity index (χ3n) is 4.09. The summed E-state index contributed by atoms with van der Waals surface area (Å²) in [5.74, 6) is -1.19. The first kappa shape index (κ1) is 15.9. The number of nitrogens with one attached hydrogen (secondary N) is 1. The van der Waals surface area contributed by atoms with Crippen molar-refractivity contribution in [2.75, 3.05) is 13.2 Å². The number of aryl methyl sites for hydroxylation is 1. The molecule has 3 heterocycles. The summed E-state index contributed by atoms with van der Waals surface area (Å²) < 4.78 is 6.93. The molecule has 3 rings (SSSR count). The number of hydrogen-bond acceptors (Lipinski definition) is 5. The number of carbonyl (C=O) groups excluding carboxylic acids is 1. The minimum absolute atomic E-state index is 0.00221. The van der Waals surface area contributed by atoms with Gasteiger partial charge in [0.05, 0.1) is 17.2 Å². The number of carboxylic acid groups (broad SMARTS) is 1. The number of amides is 1. The SMILES string of the molecule is CC(C)c1nn(C)c2sc(C(=O)NC3(C(=O)O)CCOC3)cc12. The zero-order valence-corrected chi connectivity index (χ0v) is 14.1. The van der Waals surface area contributed by atoms with Crippen LogP contribution in [0.4, 0.5) is 0 Å². The van der Waals surface area contributed by atoms with Crippen LogP contribution in [-0.2, 0) is 16.6 Å². The molecule has 1 saturated heterocycles. The highest BCUT2D eigenvalue weighted by Gasteiger charge is 2.44. The predicted molar refractivity (Wildman–Crippen MR) is 85.9 cm³/mol. The van der Waals surface area contributed by atoms with E-state index >= 15 is 0 Å². The number of rotatable bonds is 4. The van der Waals surface area contributed by atoms with E-state index in [0.29, 0.717) is 11.5 Å². The van der Waals surface area contributed by atoms with Crippen LogP contribution < -0.4 is 5.32 Å². The van der Waals surface area contributed by atoms with Crippen LogP contribution in [0.3, 0.4) is 0 Å². The van der Waals surface area contributed by atoms with Gasteiger partial charge in [-0.15, -0.1) is 11.3 Å². The zero-order chi connectivity index (χ0) is 16.8. The third-order valence-corrected chi connectivity index (χ3v) is 5.30. The summed E-state index contributed by atoms with van der Waals surface area (Å²) in [6, 6.07) is 1.79. The van der Waals surface area contributed by atoms with Crippen molar-refractivity contribution in [3.63, 3.8) is 0 Å². The molecule has 1 amide bonds. The Hall–Kier alpha value is -1.93. The van der Waals surface area contributed by atoms with Gasteiger partial charge in [-0.2, -0.15) is 5.10 Å². The van der Waals surface area contributed by atoms with Crippen LogP contribution in [0.2, 0.25) is 0 Å². The van der Waals surface area contributed by atoms with Gasteiger partial charge in [0.15, 0.2) is 5.54 Å². The van der Waals surface area contributed by atoms with Crippen LogP contribution in [0.15, 0.2) is 6.07 Å². The number of hydrogen-bond donors (Lipinski definition) is 2. The Morgan fingerprint density at radius 2 is 2.26 bits per heavy atom. The standard InChI is InChI=1S/C15H19N3O4S/c1-8(2)11-9-6-10(23-13(9)18(3)17-11)12(19)16-15(14(20)21)4-5-22-7-15/h6,8H,4-5,7H2,1-3H3,(H,16,19)(H,20,21). The smallest absolute Gasteiger partial charge is 0.331 e. The number of carboxylic acids is 1. The second kappa shape index (κ2) is 5.61. The Bertz CT molecular complexity index is 771. The molecule has 7 nitrogen and oxygen atoms in total. The maximum absolute atomic E-state index is 12.5. The molecule has 0 spiro atoms. The van der Waals surface area contributed by atoms with E-state index in [9.17, 15) is 14.7 Å². The first-order valence-electron chi connectivity index (χ1n) is 7.44. The average Bonchev–Trinajstić information content (AvgIpc) is 3.15. The highest BCUT2D eigenvalue weighted by atomic mass is 32.1. The highest BCUT2D eigenvalue weighted by molar-refractivity contribution is 7.20. The monoisotopic (exact) mass is 337 g/mol. The number of aromatic nitrogens is 2. The number of thiophene rings is 1. The van der Waals surface area contributed by atoms with E-state index in [1.165, 1.54) is 11.3 Å². The summed E-state index contributed by atoms with van der Waals surface area (Å²) in [5.41, 5.74) is -0.387. The van der Waals surface area contributed by atoms with Crippen molar-refractivity contribution in [2.24, 2.45) is 7.05 Å². The van der Waals surface area contributed by atoms with E-state index < -0.39 is 11.5 Å². The Labute approximate surface area is 137 Å². The van der Waals surface area contributed by atoms with Gasteiger partial charge in [0.25, 0.3) is 5.91 Å². The minimum Gasteiger partial charge on any atom is -0.479 e. The predicted octanol–water partition coefficient (Wildman–Crippen LogP) is 1.73. The van der Waals surface area contributed by atoms with Crippen LogP contribution in [0.1, 0.15) is 41.6 Å². The van der Waals surface area contributed by atoms with Crippen molar-refractivity contribution in [2.45, 2.75) is 31.7 Å². The molecule has 23 heavy (non-hydrogen) atoms. The Kier molecular flexibility index (Phi) is 3.89. The largest absolute Gasteiger partial charge is 0.479 e.